The molecule has 3 N–H and O–H groups in total. The van der Waals surface area contributed by atoms with Crippen LogP contribution in [0.1, 0.15) is 32.8 Å². The molecule has 1 amide bonds. The molecule has 1 aliphatic heterocycles. The van der Waals surface area contributed by atoms with Gasteiger partial charge in [0.2, 0.25) is 5.91 Å². The minimum Gasteiger partial charge on any atom is -0.480 e. The van der Waals surface area contributed by atoms with Gasteiger partial charge in [-0.1, -0.05) is 19.1 Å². The molecule has 21 heavy (non-hydrogen) atoms. The third-order valence-corrected chi connectivity index (χ3v) is 4.38. The summed E-state index contributed by atoms with van der Waals surface area (Å²) in [6.07, 6.45) is 0.723. The summed E-state index contributed by atoms with van der Waals surface area (Å²) in [5, 5.41) is 9.37. The number of carbonyl (C=O) groups excluding carboxylic acids is 1. The molecule has 1 aromatic carbocycles. The Morgan fingerprint density at radius 3 is 2.38 bits per heavy atom. The van der Waals surface area contributed by atoms with Gasteiger partial charge in [0.25, 0.3) is 0 Å². The van der Waals surface area contributed by atoms with Crippen LogP contribution in [-0.2, 0) is 15.0 Å². The van der Waals surface area contributed by atoms with Gasteiger partial charge in [0.05, 0.1) is 5.41 Å². The van der Waals surface area contributed by atoms with Gasteiger partial charge in [0, 0.05) is 12.2 Å². The number of hydrogen-bond acceptors (Lipinski definition) is 3. The second-order valence-electron chi connectivity index (χ2n) is 6.29. The number of aliphatic carboxylic acids is 1. The maximum Gasteiger partial charge on any atom is 0.326 e. The molecule has 1 heterocycles. The molecule has 1 saturated heterocycles. The van der Waals surface area contributed by atoms with E-state index in [0.29, 0.717) is 12.2 Å². The highest BCUT2D eigenvalue weighted by Crippen LogP contribution is 2.32. The Labute approximate surface area is 124 Å². The fourth-order valence-corrected chi connectivity index (χ4v) is 2.93. The zero-order valence-corrected chi connectivity index (χ0v) is 12.7. The number of nitrogens with zero attached hydrogens (tertiary/aromatic N) is 1. The van der Waals surface area contributed by atoms with Gasteiger partial charge in [0.1, 0.15) is 6.04 Å². The number of likely N-dealkylation sites (tertiary alicyclic amines) is 1. The fraction of sp³-hybridized carbons (Fsp3) is 0.500. The number of carboxylic acids is 1. The maximum atomic E-state index is 12.8. The molecule has 5 heteroatoms. The first kappa shape index (κ1) is 15.4. The van der Waals surface area contributed by atoms with E-state index in [1.165, 1.54) is 4.90 Å². The molecule has 1 aliphatic rings. The van der Waals surface area contributed by atoms with Crippen LogP contribution < -0.4 is 5.73 Å². The van der Waals surface area contributed by atoms with Crippen molar-refractivity contribution >= 4 is 17.6 Å². The van der Waals surface area contributed by atoms with Gasteiger partial charge >= 0.3 is 5.97 Å². The first-order valence-electron chi connectivity index (χ1n) is 7.15. The quantitative estimate of drug-likeness (QED) is 0.832. The third-order valence-electron chi connectivity index (χ3n) is 4.38. The van der Waals surface area contributed by atoms with Crippen LogP contribution in [0.3, 0.4) is 0 Å². The molecule has 1 fully saturated rings. The van der Waals surface area contributed by atoms with E-state index in [-0.39, 0.29) is 11.8 Å². The number of nitrogens with two attached hydrogens (primary N) is 1. The molecule has 0 spiro atoms. The molecule has 0 saturated carbocycles. The van der Waals surface area contributed by atoms with Crippen molar-refractivity contribution in [2.24, 2.45) is 5.92 Å². The number of nitrogen functional groups attached to an aromatic ring is 1. The van der Waals surface area contributed by atoms with Crippen LogP contribution in [0.4, 0.5) is 5.69 Å². The number of carboxylic acid groups (broad SMARTS) is 1. The van der Waals surface area contributed by atoms with E-state index in [4.69, 9.17) is 5.73 Å². The van der Waals surface area contributed by atoms with E-state index < -0.39 is 17.4 Å². The van der Waals surface area contributed by atoms with Crippen LogP contribution in [0.15, 0.2) is 24.3 Å². The van der Waals surface area contributed by atoms with Crippen molar-refractivity contribution in [3.63, 3.8) is 0 Å². The summed E-state index contributed by atoms with van der Waals surface area (Å²) in [6.45, 7) is 6.02. The summed E-state index contributed by atoms with van der Waals surface area (Å²) in [5.74, 6) is -1.10. The standard InChI is InChI=1S/C16H22N2O3/c1-10-8-9-18(13(10)14(19)20)15(21)16(2,3)11-4-6-12(17)7-5-11/h4-7,10,13H,8-9,17H2,1-3H3,(H,19,20). The average molecular weight is 290 g/mol. The number of benzene rings is 1. The summed E-state index contributed by atoms with van der Waals surface area (Å²) in [4.78, 5) is 25.8. The van der Waals surface area contributed by atoms with Gasteiger partial charge in [-0.25, -0.2) is 4.79 Å². The number of rotatable bonds is 3. The predicted octanol–water partition coefficient (Wildman–Crippen LogP) is 1.87. The van der Waals surface area contributed by atoms with E-state index in [2.05, 4.69) is 0 Å². The average Bonchev–Trinajstić information content (AvgIpc) is 2.80. The third kappa shape index (κ3) is 2.73. The maximum absolute atomic E-state index is 12.8. The second-order valence-corrected chi connectivity index (χ2v) is 6.29. The van der Waals surface area contributed by atoms with Gasteiger partial charge < -0.3 is 15.7 Å². The highest BCUT2D eigenvalue weighted by molar-refractivity contribution is 5.91. The topological polar surface area (TPSA) is 83.6 Å². The van der Waals surface area contributed by atoms with Gasteiger partial charge in [-0.05, 0) is 43.9 Å². The van der Waals surface area contributed by atoms with Crippen molar-refractivity contribution in [1.82, 2.24) is 4.90 Å². The Bertz CT molecular complexity index is 551. The smallest absolute Gasteiger partial charge is 0.326 e. The molecule has 0 radical (unpaired) electrons. The second kappa shape index (κ2) is 5.39. The molecule has 1 aromatic rings. The number of amides is 1. The van der Waals surface area contributed by atoms with Crippen molar-refractivity contribution in [1.29, 1.82) is 0 Å². The normalized spacial score (nSPS) is 22.3. The first-order chi connectivity index (χ1) is 9.75. The predicted molar refractivity (Wildman–Crippen MR) is 80.8 cm³/mol. The Kier molecular flexibility index (Phi) is 3.94. The zero-order chi connectivity index (χ0) is 15.8. The van der Waals surface area contributed by atoms with Crippen LogP contribution in [0.2, 0.25) is 0 Å². The van der Waals surface area contributed by atoms with Crippen LogP contribution in [-0.4, -0.2) is 34.5 Å². The van der Waals surface area contributed by atoms with Crippen molar-refractivity contribution in [2.45, 2.75) is 38.6 Å². The molecular weight excluding hydrogens is 268 g/mol. The highest BCUT2D eigenvalue weighted by atomic mass is 16.4. The summed E-state index contributed by atoms with van der Waals surface area (Å²) >= 11 is 0. The SMILES string of the molecule is CC1CCN(C(=O)C(C)(C)c2ccc(N)cc2)C1C(=O)O. The zero-order valence-electron chi connectivity index (χ0n) is 12.7. The van der Waals surface area contributed by atoms with Crippen molar-refractivity contribution in [2.75, 3.05) is 12.3 Å². The summed E-state index contributed by atoms with van der Waals surface area (Å²) in [7, 11) is 0. The van der Waals surface area contributed by atoms with Crippen molar-refractivity contribution in [3.05, 3.63) is 29.8 Å². The molecule has 2 atom stereocenters. The largest absolute Gasteiger partial charge is 0.480 e. The Hall–Kier alpha value is -2.04. The molecular formula is C16H22N2O3. The molecule has 0 aromatic heterocycles. The Morgan fingerprint density at radius 1 is 1.29 bits per heavy atom. The van der Waals surface area contributed by atoms with Crippen LogP contribution in [0.5, 0.6) is 0 Å². The van der Waals surface area contributed by atoms with E-state index in [1.807, 2.05) is 32.9 Å². The first-order valence-corrected chi connectivity index (χ1v) is 7.15. The lowest BCUT2D eigenvalue weighted by Gasteiger charge is -2.32. The molecule has 114 valence electrons. The lowest BCUT2D eigenvalue weighted by Crippen LogP contribution is -2.49. The summed E-state index contributed by atoms with van der Waals surface area (Å²) in [6, 6.07) is 6.42. The highest BCUT2D eigenvalue weighted by Gasteiger charge is 2.44. The Morgan fingerprint density at radius 2 is 1.86 bits per heavy atom. The molecule has 5 nitrogen and oxygen atoms in total. The molecule has 0 aliphatic carbocycles. The number of carbonyl (C=O) groups is 2. The fourth-order valence-electron chi connectivity index (χ4n) is 2.93. The van der Waals surface area contributed by atoms with E-state index >= 15 is 0 Å². The van der Waals surface area contributed by atoms with E-state index in [9.17, 15) is 14.7 Å². The van der Waals surface area contributed by atoms with Gasteiger partial charge in [-0.2, -0.15) is 0 Å². The van der Waals surface area contributed by atoms with Gasteiger partial charge in [-0.15, -0.1) is 0 Å². The summed E-state index contributed by atoms with van der Waals surface area (Å²) in [5.41, 5.74) is 6.38. The minimum atomic E-state index is -0.929. The van der Waals surface area contributed by atoms with Crippen LogP contribution in [0, 0.1) is 5.92 Å². The van der Waals surface area contributed by atoms with Crippen molar-refractivity contribution < 1.29 is 14.7 Å². The lowest BCUT2D eigenvalue weighted by molar-refractivity contribution is -0.151. The monoisotopic (exact) mass is 290 g/mol. The molecule has 2 unspecified atom stereocenters. The number of anilines is 1. The van der Waals surface area contributed by atoms with Gasteiger partial charge in [0.15, 0.2) is 0 Å². The molecule has 0 bridgehead atoms. The van der Waals surface area contributed by atoms with Gasteiger partial charge in [-0.3, -0.25) is 4.79 Å². The Balaban J connectivity index is 2.29. The van der Waals surface area contributed by atoms with Crippen molar-refractivity contribution in [3.8, 4) is 0 Å². The van der Waals surface area contributed by atoms with Crippen LogP contribution >= 0.6 is 0 Å². The summed E-state index contributed by atoms with van der Waals surface area (Å²) < 4.78 is 0. The van der Waals surface area contributed by atoms with E-state index in [1.54, 1.807) is 12.1 Å². The molecule has 2 rings (SSSR count). The van der Waals surface area contributed by atoms with Crippen LogP contribution in [0.25, 0.3) is 0 Å². The lowest BCUT2D eigenvalue weighted by atomic mass is 9.82. The van der Waals surface area contributed by atoms with E-state index in [0.717, 1.165) is 12.0 Å². The minimum absolute atomic E-state index is 0.0198. The number of hydrogen-bond donors (Lipinski definition) is 2.